The van der Waals surface area contributed by atoms with Crippen molar-refractivity contribution in [3.05, 3.63) is 28.5 Å². The molecule has 0 fully saturated rings. The van der Waals surface area contributed by atoms with E-state index in [9.17, 15) is 10.0 Å². The van der Waals surface area contributed by atoms with Crippen LogP contribution in [0, 0.1) is 5.21 Å². The number of rotatable bonds is 4. The maximum Gasteiger partial charge on any atom is 0.342 e. The van der Waals surface area contributed by atoms with Gasteiger partial charge in [0.1, 0.15) is 17.1 Å². The standard InChI is InChI=1S/C15H21NO5/c1-15(2,3)16(18)9-10-7-11(19-4)8-12(20-5)13(10)14(17)21-6/h7-9H,1-6H3. The van der Waals surface area contributed by atoms with Crippen molar-refractivity contribution in [2.24, 2.45) is 0 Å². The molecule has 1 aromatic rings. The summed E-state index contributed by atoms with van der Waals surface area (Å²) in [5, 5.41) is 12.1. The van der Waals surface area contributed by atoms with E-state index in [4.69, 9.17) is 14.2 Å². The van der Waals surface area contributed by atoms with Gasteiger partial charge in [-0.05, 0) is 6.07 Å². The molecule has 0 spiro atoms. The van der Waals surface area contributed by atoms with Crippen molar-refractivity contribution in [1.29, 1.82) is 0 Å². The molecule has 0 aliphatic carbocycles. The van der Waals surface area contributed by atoms with Gasteiger partial charge in [-0.3, -0.25) is 0 Å². The number of methoxy groups -OCH3 is 3. The van der Waals surface area contributed by atoms with E-state index in [2.05, 4.69) is 0 Å². The van der Waals surface area contributed by atoms with Crippen molar-refractivity contribution < 1.29 is 23.7 Å². The molecule has 0 aromatic heterocycles. The third-order valence-electron chi connectivity index (χ3n) is 2.87. The van der Waals surface area contributed by atoms with Crippen molar-refractivity contribution in [2.45, 2.75) is 26.3 Å². The Morgan fingerprint density at radius 3 is 2.24 bits per heavy atom. The Morgan fingerprint density at radius 1 is 1.19 bits per heavy atom. The van der Waals surface area contributed by atoms with E-state index in [1.807, 2.05) is 0 Å². The van der Waals surface area contributed by atoms with E-state index < -0.39 is 11.5 Å². The first-order chi connectivity index (χ1) is 9.74. The van der Waals surface area contributed by atoms with Crippen molar-refractivity contribution >= 4 is 12.2 Å². The minimum atomic E-state index is -0.635. The van der Waals surface area contributed by atoms with E-state index >= 15 is 0 Å². The molecule has 1 aromatic carbocycles. The fourth-order valence-electron chi connectivity index (χ4n) is 1.63. The molecule has 0 radical (unpaired) electrons. The molecule has 0 amide bonds. The van der Waals surface area contributed by atoms with Gasteiger partial charge in [0.25, 0.3) is 0 Å². The Morgan fingerprint density at radius 2 is 1.81 bits per heavy atom. The molecule has 0 unspecified atom stereocenters. The Bertz CT molecular complexity index is 558. The molecule has 0 aliphatic rings. The maximum atomic E-state index is 12.1. The van der Waals surface area contributed by atoms with Gasteiger partial charge >= 0.3 is 5.97 Å². The van der Waals surface area contributed by atoms with Gasteiger partial charge in [-0.15, -0.1) is 0 Å². The van der Waals surface area contributed by atoms with Crippen LogP contribution in [0.15, 0.2) is 12.1 Å². The topological polar surface area (TPSA) is 70.8 Å². The molecule has 0 bridgehead atoms. The van der Waals surface area contributed by atoms with Crippen LogP contribution in [0.25, 0.3) is 0 Å². The minimum absolute atomic E-state index is 0.186. The van der Waals surface area contributed by atoms with Crippen LogP contribution in [0.4, 0.5) is 0 Å². The Labute approximate surface area is 124 Å². The van der Waals surface area contributed by atoms with Crippen LogP contribution in [0.5, 0.6) is 11.5 Å². The van der Waals surface area contributed by atoms with Crippen molar-refractivity contribution in [3.63, 3.8) is 0 Å². The van der Waals surface area contributed by atoms with E-state index in [1.54, 1.807) is 32.9 Å². The number of carbonyl (C=O) groups is 1. The van der Waals surface area contributed by atoms with E-state index in [0.29, 0.717) is 11.3 Å². The summed E-state index contributed by atoms with van der Waals surface area (Å²) in [7, 11) is 4.20. The average Bonchev–Trinajstić information content (AvgIpc) is 2.44. The highest BCUT2D eigenvalue weighted by Crippen LogP contribution is 2.29. The molecule has 116 valence electrons. The first-order valence-corrected chi connectivity index (χ1v) is 6.40. The summed E-state index contributed by atoms with van der Waals surface area (Å²) in [6, 6.07) is 3.15. The van der Waals surface area contributed by atoms with Gasteiger partial charge in [0, 0.05) is 26.8 Å². The zero-order valence-corrected chi connectivity index (χ0v) is 13.2. The van der Waals surface area contributed by atoms with Gasteiger partial charge in [0.05, 0.1) is 26.9 Å². The summed E-state index contributed by atoms with van der Waals surface area (Å²) in [5.74, 6) is 0.186. The van der Waals surface area contributed by atoms with Crippen LogP contribution < -0.4 is 9.47 Å². The first kappa shape index (κ1) is 16.8. The van der Waals surface area contributed by atoms with Gasteiger partial charge in [-0.2, -0.15) is 0 Å². The van der Waals surface area contributed by atoms with Crippen molar-refractivity contribution in [3.8, 4) is 11.5 Å². The highest BCUT2D eigenvalue weighted by Gasteiger charge is 2.24. The second-order valence-electron chi connectivity index (χ2n) is 5.41. The summed E-state index contributed by atoms with van der Waals surface area (Å²) in [5.41, 5.74) is -0.0714. The Hall–Kier alpha value is -2.24. The van der Waals surface area contributed by atoms with Crippen LogP contribution >= 0.6 is 0 Å². The highest BCUT2D eigenvalue weighted by molar-refractivity contribution is 6.01. The summed E-state index contributed by atoms with van der Waals surface area (Å²) in [4.78, 5) is 12.0. The predicted molar refractivity (Wildman–Crippen MR) is 79.4 cm³/mol. The zero-order chi connectivity index (χ0) is 16.2. The predicted octanol–water partition coefficient (Wildman–Crippen LogP) is 2.22. The Kier molecular flexibility index (Phi) is 5.18. The average molecular weight is 295 g/mol. The van der Waals surface area contributed by atoms with Gasteiger partial charge in [0.2, 0.25) is 0 Å². The highest BCUT2D eigenvalue weighted by atomic mass is 16.5. The van der Waals surface area contributed by atoms with E-state index in [0.717, 1.165) is 4.74 Å². The number of hydrogen-bond acceptors (Lipinski definition) is 5. The second kappa shape index (κ2) is 6.47. The van der Waals surface area contributed by atoms with Crippen LogP contribution in [-0.4, -0.2) is 43.8 Å². The number of benzene rings is 1. The summed E-state index contributed by atoms with van der Waals surface area (Å²) < 4.78 is 15.9. The molecule has 0 saturated heterocycles. The van der Waals surface area contributed by atoms with Crippen LogP contribution in [0.2, 0.25) is 0 Å². The van der Waals surface area contributed by atoms with Gasteiger partial charge in [-0.25, -0.2) is 9.53 Å². The third kappa shape index (κ3) is 3.87. The van der Waals surface area contributed by atoms with Gasteiger partial charge in [-0.1, -0.05) is 0 Å². The van der Waals surface area contributed by atoms with Crippen LogP contribution in [-0.2, 0) is 4.74 Å². The second-order valence-corrected chi connectivity index (χ2v) is 5.41. The number of nitrogens with zero attached hydrogens (tertiary/aromatic N) is 1. The summed E-state index contributed by atoms with van der Waals surface area (Å²) >= 11 is 0. The van der Waals surface area contributed by atoms with E-state index in [1.165, 1.54) is 27.5 Å². The Balaban J connectivity index is 3.57. The molecule has 6 nitrogen and oxygen atoms in total. The van der Waals surface area contributed by atoms with Crippen LogP contribution in [0.3, 0.4) is 0 Å². The molecular formula is C15H21NO5. The molecule has 0 atom stereocenters. The molecule has 0 heterocycles. The SMILES string of the molecule is COC(=O)c1c(C=[N+]([O-])C(C)(C)C)cc(OC)cc1OC. The third-order valence-corrected chi connectivity index (χ3v) is 2.87. The fraction of sp³-hybridized carbons (Fsp3) is 0.467. The maximum absolute atomic E-state index is 12.1. The lowest BCUT2D eigenvalue weighted by Crippen LogP contribution is -2.29. The quantitative estimate of drug-likeness (QED) is 0.280. The fourth-order valence-corrected chi connectivity index (χ4v) is 1.63. The molecule has 1 rings (SSSR count). The lowest BCUT2D eigenvalue weighted by molar-refractivity contribution is -0.530. The monoisotopic (exact) mass is 295 g/mol. The number of ether oxygens (including phenoxy) is 3. The molecule has 0 N–H and O–H groups in total. The number of hydrogen-bond donors (Lipinski definition) is 0. The number of esters is 1. The molecule has 0 aliphatic heterocycles. The van der Waals surface area contributed by atoms with Crippen molar-refractivity contribution in [2.75, 3.05) is 21.3 Å². The first-order valence-electron chi connectivity index (χ1n) is 6.40. The normalized spacial score (nSPS) is 12.0. The lowest BCUT2D eigenvalue weighted by atomic mass is 10.1. The minimum Gasteiger partial charge on any atom is -0.623 e. The number of carbonyl (C=O) groups excluding carboxylic acids is 1. The summed E-state index contributed by atoms with van der Waals surface area (Å²) in [6.45, 7) is 5.31. The largest absolute Gasteiger partial charge is 0.623 e. The zero-order valence-electron chi connectivity index (χ0n) is 13.2. The van der Waals surface area contributed by atoms with E-state index in [-0.39, 0.29) is 11.3 Å². The van der Waals surface area contributed by atoms with Crippen molar-refractivity contribution in [1.82, 2.24) is 0 Å². The smallest absolute Gasteiger partial charge is 0.342 e. The van der Waals surface area contributed by atoms with Gasteiger partial charge in [0.15, 0.2) is 11.8 Å². The van der Waals surface area contributed by atoms with Gasteiger partial charge < -0.3 is 19.4 Å². The lowest BCUT2D eigenvalue weighted by Gasteiger charge is -2.19. The number of hydroxylamine groups is 1. The molecule has 6 heteroatoms. The molecular weight excluding hydrogens is 274 g/mol. The molecule has 0 saturated carbocycles. The molecule has 21 heavy (non-hydrogen) atoms. The summed E-state index contributed by atoms with van der Waals surface area (Å²) in [6.07, 6.45) is 1.33. The van der Waals surface area contributed by atoms with Crippen LogP contribution in [0.1, 0.15) is 36.7 Å².